The largest absolute Gasteiger partial charge is 0.366 e. The van der Waals surface area contributed by atoms with Crippen molar-refractivity contribution in [2.24, 2.45) is 0 Å². The molecule has 1 saturated heterocycles. The van der Waals surface area contributed by atoms with Crippen LogP contribution in [0.3, 0.4) is 0 Å². The maximum Gasteiger partial charge on any atom is 0.254 e. The molecule has 1 aliphatic rings. The highest BCUT2D eigenvalue weighted by molar-refractivity contribution is 5.95. The van der Waals surface area contributed by atoms with Crippen LogP contribution in [0, 0.1) is 0 Å². The van der Waals surface area contributed by atoms with Crippen LogP contribution in [-0.4, -0.2) is 37.6 Å². The van der Waals surface area contributed by atoms with Crippen molar-refractivity contribution in [3.8, 4) is 0 Å². The Balaban J connectivity index is 0.00000200. The first-order chi connectivity index (χ1) is 9.15. The van der Waals surface area contributed by atoms with Crippen LogP contribution in [0.15, 0.2) is 24.3 Å². The second kappa shape index (κ2) is 7.84. The number of amides is 2. The van der Waals surface area contributed by atoms with Crippen molar-refractivity contribution >= 4 is 35.6 Å². The molecule has 110 valence electrons. The highest BCUT2D eigenvalue weighted by atomic mass is 35.5. The van der Waals surface area contributed by atoms with E-state index in [4.69, 9.17) is 4.74 Å². The molecule has 2 rings (SSSR count). The first kappa shape index (κ1) is 16.4. The summed E-state index contributed by atoms with van der Waals surface area (Å²) in [5, 5.41) is 8.53. The molecular weight excluding hydrogens is 282 g/mol. The van der Waals surface area contributed by atoms with Gasteiger partial charge in [0.15, 0.2) is 0 Å². The normalized spacial score (nSPS) is 17.8. The lowest BCUT2D eigenvalue weighted by molar-refractivity contribution is -0.128. The molecule has 0 saturated carbocycles. The maximum atomic E-state index is 11.9. The molecule has 0 aromatic heterocycles. The predicted octanol–water partition coefficient (Wildman–Crippen LogP) is 0.994. The van der Waals surface area contributed by atoms with Gasteiger partial charge in [-0.2, -0.15) is 0 Å². The number of ether oxygens (including phenoxy) is 1. The van der Waals surface area contributed by atoms with Gasteiger partial charge in [0.05, 0.1) is 6.61 Å². The Kier molecular flexibility index (Phi) is 6.44. The SMILES string of the molecule is CC(=O)Nc1cccc(NC(=O)C2CNCCO2)c1.Cl. The number of benzene rings is 1. The van der Waals surface area contributed by atoms with Gasteiger partial charge < -0.3 is 20.7 Å². The van der Waals surface area contributed by atoms with Crippen LogP contribution in [0.5, 0.6) is 0 Å². The van der Waals surface area contributed by atoms with Crippen molar-refractivity contribution in [2.75, 3.05) is 30.3 Å². The molecule has 20 heavy (non-hydrogen) atoms. The van der Waals surface area contributed by atoms with Crippen molar-refractivity contribution in [1.82, 2.24) is 5.32 Å². The Morgan fingerprint density at radius 1 is 1.30 bits per heavy atom. The summed E-state index contributed by atoms with van der Waals surface area (Å²) < 4.78 is 5.36. The van der Waals surface area contributed by atoms with E-state index in [0.717, 1.165) is 6.54 Å². The lowest BCUT2D eigenvalue weighted by Gasteiger charge is -2.22. The average molecular weight is 300 g/mol. The molecule has 2 amide bonds. The molecule has 0 aliphatic carbocycles. The van der Waals surface area contributed by atoms with Gasteiger partial charge in [0, 0.05) is 31.4 Å². The van der Waals surface area contributed by atoms with E-state index >= 15 is 0 Å². The molecule has 1 aromatic rings. The Morgan fingerprint density at radius 2 is 2.00 bits per heavy atom. The Morgan fingerprint density at radius 3 is 2.60 bits per heavy atom. The summed E-state index contributed by atoms with van der Waals surface area (Å²) in [5.74, 6) is -0.338. The van der Waals surface area contributed by atoms with E-state index in [1.165, 1.54) is 6.92 Å². The van der Waals surface area contributed by atoms with Crippen molar-refractivity contribution < 1.29 is 14.3 Å². The quantitative estimate of drug-likeness (QED) is 0.778. The Bertz CT molecular complexity index is 476. The van der Waals surface area contributed by atoms with Crippen molar-refractivity contribution in [1.29, 1.82) is 0 Å². The number of morpholine rings is 1. The van der Waals surface area contributed by atoms with Crippen LogP contribution >= 0.6 is 12.4 Å². The van der Waals surface area contributed by atoms with Gasteiger partial charge in [-0.25, -0.2) is 0 Å². The molecule has 7 heteroatoms. The van der Waals surface area contributed by atoms with Gasteiger partial charge in [0.25, 0.3) is 5.91 Å². The topological polar surface area (TPSA) is 79.5 Å². The number of hydrogen-bond acceptors (Lipinski definition) is 4. The summed E-state index contributed by atoms with van der Waals surface area (Å²) >= 11 is 0. The third kappa shape index (κ3) is 4.80. The summed E-state index contributed by atoms with van der Waals surface area (Å²) in [4.78, 5) is 22.9. The molecule has 1 aliphatic heterocycles. The van der Waals surface area contributed by atoms with Crippen molar-refractivity contribution in [3.05, 3.63) is 24.3 Å². The molecule has 1 atom stereocenters. The molecular formula is C13H18ClN3O3. The van der Waals surface area contributed by atoms with Gasteiger partial charge >= 0.3 is 0 Å². The van der Waals surface area contributed by atoms with Crippen molar-refractivity contribution in [3.63, 3.8) is 0 Å². The van der Waals surface area contributed by atoms with E-state index in [9.17, 15) is 9.59 Å². The highest BCUT2D eigenvalue weighted by Crippen LogP contribution is 2.15. The Hall–Kier alpha value is -1.63. The standard InChI is InChI=1S/C13H17N3O3.ClH/c1-9(17)15-10-3-2-4-11(7-10)16-13(18)12-8-14-5-6-19-12;/h2-4,7,12,14H,5-6,8H2,1H3,(H,15,17)(H,16,18);1H. The monoisotopic (exact) mass is 299 g/mol. The summed E-state index contributed by atoms with van der Waals surface area (Å²) in [6.45, 7) is 3.25. The van der Waals surface area contributed by atoms with Crippen LogP contribution in [-0.2, 0) is 14.3 Å². The molecule has 6 nitrogen and oxygen atoms in total. The third-order valence-corrected chi connectivity index (χ3v) is 2.67. The lowest BCUT2D eigenvalue weighted by atomic mass is 10.2. The zero-order valence-corrected chi connectivity index (χ0v) is 12.0. The number of nitrogens with one attached hydrogen (secondary N) is 3. The van der Waals surface area contributed by atoms with Gasteiger partial charge in [0.1, 0.15) is 6.10 Å². The zero-order chi connectivity index (χ0) is 13.7. The summed E-state index contributed by atoms with van der Waals surface area (Å²) in [6.07, 6.45) is -0.474. The number of carbonyl (C=O) groups is 2. The van der Waals surface area contributed by atoms with E-state index in [2.05, 4.69) is 16.0 Å². The molecule has 0 radical (unpaired) electrons. The Labute approximate surface area is 123 Å². The van der Waals surface area contributed by atoms with E-state index in [1.807, 2.05) is 0 Å². The van der Waals surface area contributed by atoms with Gasteiger partial charge in [-0.05, 0) is 18.2 Å². The van der Waals surface area contributed by atoms with Crippen LogP contribution in [0.2, 0.25) is 0 Å². The number of halogens is 1. The van der Waals surface area contributed by atoms with Crippen LogP contribution < -0.4 is 16.0 Å². The zero-order valence-electron chi connectivity index (χ0n) is 11.1. The number of rotatable bonds is 3. The fraction of sp³-hybridized carbons (Fsp3) is 0.385. The van der Waals surface area contributed by atoms with E-state index < -0.39 is 6.10 Å². The van der Waals surface area contributed by atoms with Crippen molar-refractivity contribution in [2.45, 2.75) is 13.0 Å². The minimum atomic E-state index is -0.474. The van der Waals surface area contributed by atoms with Crippen LogP contribution in [0.1, 0.15) is 6.92 Å². The van der Waals surface area contributed by atoms with Gasteiger partial charge in [0.2, 0.25) is 5.91 Å². The summed E-state index contributed by atoms with van der Waals surface area (Å²) in [5.41, 5.74) is 1.28. The molecule has 1 fully saturated rings. The first-order valence-corrected chi connectivity index (χ1v) is 6.16. The smallest absolute Gasteiger partial charge is 0.254 e. The molecule has 1 aromatic carbocycles. The highest BCUT2D eigenvalue weighted by Gasteiger charge is 2.21. The fourth-order valence-corrected chi connectivity index (χ4v) is 1.83. The van der Waals surface area contributed by atoms with Gasteiger partial charge in [-0.1, -0.05) is 6.07 Å². The van der Waals surface area contributed by atoms with E-state index in [0.29, 0.717) is 24.5 Å². The first-order valence-electron chi connectivity index (χ1n) is 6.16. The maximum absolute atomic E-state index is 11.9. The summed E-state index contributed by atoms with van der Waals surface area (Å²) in [6, 6.07) is 6.99. The number of carbonyl (C=O) groups excluding carboxylic acids is 2. The predicted molar refractivity (Wildman–Crippen MR) is 79.2 cm³/mol. The lowest BCUT2D eigenvalue weighted by Crippen LogP contribution is -2.45. The van der Waals surface area contributed by atoms with Crippen LogP contribution in [0.25, 0.3) is 0 Å². The minimum absolute atomic E-state index is 0. The van der Waals surface area contributed by atoms with E-state index in [1.54, 1.807) is 24.3 Å². The number of anilines is 2. The van der Waals surface area contributed by atoms with E-state index in [-0.39, 0.29) is 24.2 Å². The van der Waals surface area contributed by atoms with Gasteiger partial charge in [-0.15, -0.1) is 12.4 Å². The molecule has 0 spiro atoms. The number of hydrogen-bond donors (Lipinski definition) is 3. The summed E-state index contributed by atoms with van der Waals surface area (Å²) in [7, 11) is 0. The molecule has 0 bridgehead atoms. The average Bonchev–Trinajstić information content (AvgIpc) is 2.39. The fourth-order valence-electron chi connectivity index (χ4n) is 1.83. The van der Waals surface area contributed by atoms with Crippen LogP contribution in [0.4, 0.5) is 11.4 Å². The second-order valence-corrected chi connectivity index (χ2v) is 4.31. The molecule has 1 unspecified atom stereocenters. The molecule has 1 heterocycles. The minimum Gasteiger partial charge on any atom is -0.366 e. The molecule has 3 N–H and O–H groups in total. The van der Waals surface area contributed by atoms with Gasteiger partial charge in [-0.3, -0.25) is 9.59 Å². The third-order valence-electron chi connectivity index (χ3n) is 2.67. The second-order valence-electron chi connectivity index (χ2n) is 4.31.